The summed E-state index contributed by atoms with van der Waals surface area (Å²) in [7, 11) is 0.845. The number of nitrogens with zero attached hydrogens (tertiary/aromatic N) is 1. The Labute approximate surface area is 236 Å². The summed E-state index contributed by atoms with van der Waals surface area (Å²) in [6.45, 7) is -1.63. The second kappa shape index (κ2) is 11.5. The van der Waals surface area contributed by atoms with E-state index in [1.54, 1.807) is 0 Å². The van der Waals surface area contributed by atoms with Gasteiger partial charge in [-0.3, -0.25) is 9.59 Å². The van der Waals surface area contributed by atoms with Gasteiger partial charge in [-0.25, -0.2) is 4.39 Å². The van der Waals surface area contributed by atoms with Gasteiger partial charge in [-0.15, -0.1) is 0 Å². The van der Waals surface area contributed by atoms with Crippen molar-refractivity contribution in [3.63, 3.8) is 0 Å². The molecule has 0 aromatic heterocycles. The topological polar surface area (TPSA) is 37.4 Å². The Bertz CT molecular complexity index is 1360. The number of hydrogen-bond donors (Lipinski definition) is 0. The predicted octanol–water partition coefficient (Wildman–Crippen LogP) is 9.04. The SMILES string of the molecule is CN(CC(F)(F)F)C(=O)C1(CC(=O)c2ccc(/C(F)=C/C(c3ccc(Cl)c(Cl)c3)C(F)(F)F)cc2C(F)(F)F)CC1. The summed E-state index contributed by atoms with van der Waals surface area (Å²) in [6.07, 6.45) is -16.0. The number of allylic oxidation sites excluding steroid dienone is 1. The van der Waals surface area contributed by atoms with Gasteiger partial charge in [0, 0.05) is 24.6 Å². The number of benzene rings is 2. The third-order valence-electron chi connectivity index (χ3n) is 6.44. The molecule has 3 nitrogen and oxygen atoms in total. The molecule has 15 heteroatoms. The van der Waals surface area contributed by atoms with Crippen molar-refractivity contribution in [2.24, 2.45) is 5.41 Å². The minimum Gasteiger partial charge on any atom is -0.336 e. The van der Waals surface area contributed by atoms with E-state index in [0.717, 1.165) is 25.2 Å². The van der Waals surface area contributed by atoms with Gasteiger partial charge in [0.15, 0.2) is 5.78 Å². The van der Waals surface area contributed by atoms with Crippen LogP contribution in [0.1, 0.15) is 52.2 Å². The lowest BCUT2D eigenvalue weighted by Crippen LogP contribution is -2.41. The average molecular weight is 638 g/mol. The number of halogens is 12. The van der Waals surface area contributed by atoms with Crippen molar-refractivity contribution in [3.8, 4) is 0 Å². The number of carbonyl (C=O) groups is 2. The highest BCUT2D eigenvalue weighted by Crippen LogP contribution is 2.51. The maximum absolute atomic E-state index is 15.0. The lowest BCUT2D eigenvalue weighted by molar-refractivity contribution is -0.161. The third-order valence-corrected chi connectivity index (χ3v) is 7.18. The molecule has 1 aliphatic rings. The van der Waals surface area contributed by atoms with Crippen LogP contribution in [0.25, 0.3) is 5.83 Å². The van der Waals surface area contributed by atoms with Crippen molar-refractivity contribution < 1.29 is 53.5 Å². The second-order valence-corrected chi connectivity index (χ2v) is 10.4. The molecule has 1 aliphatic carbocycles. The first-order valence-corrected chi connectivity index (χ1v) is 12.4. The molecule has 1 amide bonds. The van der Waals surface area contributed by atoms with E-state index in [1.807, 2.05) is 0 Å². The van der Waals surface area contributed by atoms with Crippen molar-refractivity contribution in [2.45, 2.75) is 43.7 Å². The molecule has 0 saturated heterocycles. The summed E-state index contributed by atoms with van der Waals surface area (Å²) in [5.41, 5.74) is -5.79. The second-order valence-electron chi connectivity index (χ2n) is 9.62. The first-order chi connectivity index (χ1) is 18.6. The predicted molar refractivity (Wildman–Crippen MR) is 130 cm³/mol. The van der Waals surface area contributed by atoms with Crippen molar-refractivity contribution in [3.05, 3.63) is 74.8 Å². The molecule has 2 aromatic carbocycles. The van der Waals surface area contributed by atoms with Gasteiger partial charge in [-0.2, -0.15) is 39.5 Å². The summed E-state index contributed by atoms with van der Waals surface area (Å²) in [5, 5.41) is -0.358. The maximum Gasteiger partial charge on any atom is 0.417 e. The molecule has 0 radical (unpaired) electrons. The van der Waals surface area contributed by atoms with Gasteiger partial charge in [0.25, 0.3) is 0 Å². The Morgan fingerprint density at radius 1 is 0.951 bits per heavy atom. The van der Waals surface area contributed by atoms with E-state index in [4.69, 9.17) is 23.2 Å². The molecule has 41 heavy (non-hydrogen) atoms. The zero-order valence-corrected chi connectivity index (χ0v) is 22.3. The fraction of sp³-hybridized carbons (Fsp3) is 0.385. The van der Waals surface area contributed by atoms with E-state index in [-0.39, 0.29) is 35.0 Å². The lowest BCUT2D eigenvalue weighted by atomic mass is 9.90. The number of Topliss-reactive ketones (excluding diaryl/α,β-unsaturated/α-hetero) is 1. The quantitative estimate of drug-likeness (QED) is 0.214. The Morgan fingerprint density at radius 2 is 1.56 bits per heavy atom. The van der Waals surface area contributed by atoms with Gasteiger partial charge in [0.1, 0.15) is 18.3 Å². The monoisotopic (exact) mass is 637 g/mol. The summed E-state index contributed by atoms with van der Waals surface area (Å²) in [5.74, 6) is -6.63. The molecule has 2 aromatic rings. The van der Waals surface area contributed by atoms with E-state index in [9.17, 15) is 49.1 Å². The van der Waals surface area contributed by atoms with Crippen LogP contribution in [0.4, 0.5) is 43.9 Å². The Kier molecular flexibility index (Phi) is 9.15. The summed E-state index contributed by atoms with van der Waals surface area (Å²) in [6, 6.07) is 4.14. The Balaban J connectivity index is 1.95. The van der Waals surface area contributed by atoms with Crippen LogP contribution in [0, 0.1) is 5.41 Å². The fourth-order valence-corrected chi connectivity index (χ4v) is 4.57. The highest BCUT2D eigenvalue weighted by Gasteiger charge is 2.54. The van der Waals surface area contributed by atoms with Crippen molar-refractivity contribution in [1.82, 2.24) is 4.90 Å². The molecule has 1 unspecified atom stereocenters. The molecule has 0 heterocycles. The van der Waals surface area contributed by atoms with Crippen LogP contribution >= 0.6 is 23.2 Å². The highest BCUT2D eigenvalue weighted by atomic mass is 35.5. The normalized spacial score (nSPS) is 16.4. The first kappa shape index (κ1) is 32.7. The van der Waals surface area contributed by atoms with E-state index in [2.05, 4.69) is 0 Å². The minimum atomic E-state index is -5.28. The summed E-state index contributed by atoms with van der Waals surface area (Å²) < 4.78 is 136. The van der Waals surface area contributed by atoms with Gasteiger partial charge in [0.2, 0.25) is 5.91 Å². The molecule has 1 atom stereocenters. The van der Waals surface area contributed by atoms with Crippen LogP contribution in [-0.4, -0.2) is 42.5 Å². The van der Waals surface area contributed by atoms with Gasteiger partial charge in [0.05, 0.1) is 21.0 Å². The first-order valence-electron chi connectivity index (χ1n) is 11.6. The fourth-order valence-electron chi connectivity index (χ4n) is 4.26. The van der Waals surface area contributed by atoms with Crippen LogP contribution in [0.2, 0.25) is 10.0 Å². The van der Waals surface area contributed by atoms with E-state index < -0.39 is 82.6 Å². The number of ketones is 1. The molecule has 0 aliphatic heterocycles. The highest BCUT2D eigenvalue weighted by molar-refractivity contribution is 6.42. The minimum absolute atomic E-state index is 0.0376. The molecular formula is C26H19Cl2F10NO2. The van der Waals surface area contributed by atoms with Crippen molar-refractivity contribution in [2.75, 3.05) is 13.6 Å². The largest absolute Gasteiger partial charge is 0.417 e. The number of hydrogen-bond acceptors (Lipinski definition) is 2. The van der Waals surface area contributed by atoms with E-state index >= 15 is 4.39 Å². The number of amides is 1. The molecular weight excluding hydrogens is 619 g/mol. The molecule has 224 valence electrons. The third kappa shape index (κ3) is 7.94. The van der Waals surface area contributed by atoms with Crippen LogP contribution < -0.4 is 0 Å². The lowest BCUT2D eigenvalue weighted by Gasteiger charge is -2.24. The van der Waals surface area contributed by atoms with Crippen LogP contribution in [-0.2, 0) is 11.0 Å². The summed E-state index contributed by atoms with van der Waals surface area (Å²) >= 11 is 11.5. The van der Waals surface area contributed by atoms with E-state index in [0.29, 0.717) is 17.0 Å². The maximum atomic E-state index is 15.0. The number of rotatable bonds is 8. The van der Waals surface area contributed by atoms with Gasteiger partial charge in [-0.05, 0) is 42.7 Å². The van der Waals surface area contributed by atoms with Gasteiger partial charge < -0.3 is 4.90 Å². The van der Waals surface area contributed by atoms with Crippen LogP contribution in [0.5, 0.6) is 0 Å². The smallest absolute Gasteiger partial charge is 0.336 e. The zero-order chi connectivity index (χ0) is 31.1. The van der Waals surface area contributed by atoms with Crippen molar-refractivity contribution >= 4 is 40.7 Å². The standard InChI is InChI=1S/C26H19Cl2F10NO2/c1-39(12-24(30,31)32)22(41)23(6-7-23)11-21(40)15-4-2-14(8-17(15)26(36,37)38)20(29)10-16(25(33,34)35)13-3-5-18(27)19(28)9-13/h2-5,8-10,16H,6-7,11-12H2,1H3/b20-10-. The average Bonchev–Trinajstić information content (AvgIpc) is 3.61. The van der Waals surface area contributed by atoms with Crippen LogP contribution in [0.15, 0.2) is 42.5 Å². The molecule has 0 bridgehead atoms. The summed E-state index contributed by atoms with van der Waals surface area (Å²) in [4.78, 5) is 25.7. The molecule has 3 rings (SSSR count). The van der Waals surface area contributed by atoms with Gasteiger partial charge >= 0.3 is 18.5 Å². The van der Waals surface area contributed by atoms with Crippen molar-refractivity contribution in [1.29, 1.82) is 0 Å². The van der Waals surface area contributed by atoms with Crippen LogP contribution in [0.3, 0.4) is 0 Å². The van der Waals surface area contributed by atoms with E-state index in [1.165, 1.54) is 0 Å². The Hall–Kier alpha value is -2.80. The number of carbonyl (C=O) groups excluding carboxylic acids is 2. The van der Waals surface area contributed by atoms with Gasteiger partial charge in [-0.1, -0.05) is 41.4 Å². The zero-order valence-electron chi connectivity index (χ0n) is 20.7. The Morgan fingerprint density at radius 3 is 2.05 bits per heavy atom. The number of alkyl halides is 9. The molecule has 0 spiro atoms. The molecule has 1 fully saturated rings. The molecule has 0 N–H and O–H groups in total. The molecule has 1 saturated carbocycles.